The Kier molecular flexibility index (Phi) is 13.8. The molecule has 0 heterocycles. The molecule has 2 N–H and O–H groups in total. The summed E-state index contributed by atoms with van der Waals surface area (Å²) in [5.74, 6) is 0.836. The fraction of sp³-hybridized carbons (Fsp3) is 0.625. The van der Waals surface area contributed by atoms with Crippen LogP contribution in [0.15, 0.2) is 36.9 Å². The van der Waals surface area contributed by atoms with Gasteiger partial charge in [-0.2, -0.15) is 0 Å². The second kappa shape index (κ2) is 16.0. The summed E-state index contributed by atoms with van der Waals surface area (Å²) in [7, 11) is 1.64. The molecule has 0 aromatic heterocycles. The number of carbonyl (C=O) groups is 1. The number of anilines is 1. The van der Waals surface area contributed by atoms with Gasteiger partial charge in [-0.25, -0.2) is 0 Å². The van der Waals surface area contributed by atoms with Crippen LogP contribution in [-0.4, -0.2) is 25.6 Å². The summed E-state index contributed by atoms with van der Waals surface area (Å²) in [6, 6.07) is 7.31. The molecule has 0 aliphatic heterocycles. The van der Waals surface area contributed by atoms with Crippen molar-refractivity contribution in [3.63, 3.8) is 0 Å². The van der Waals surface area contributed by atoms with E-state index >= 15 is 0 Å². The fourth-order valence-electron chi connectivity index (χ4n) is 3.23. The van der Waals surface area contributed by atoms with Crippen LogP contribution in [0.3, 0.4) is 0 Å². The standard InChI is InChI=1S/C24H40N2O2/c1-4-6-7-8-9-10-11-12-13-14-20-25-24(27)23(15-5-2)26-21-16-18-22(28-3)19-17-21/h5,16-19,23,26H,2,4,6-15,20H2,1,3H3,(H,25,27). The lowest BCUT2D eigenvalue weighted by atomic mass is 10.1. The third-order valence-corrected chi connectivity index (χ3v) is 4.98. The van der Waals surface area contributed by atoms with Crippen molar-refractivity contribution in [2.45, 2.75) is 83.6 Å². The molecular weight excluding hydrogens is 348 g/mol. The molecule has 0 bridgehead atoms. The van der Waals surface area contributed by atoms with Gasteiger partial charge in [0.25, 0.3) is 0 Å². The SMILES string of the molecule is C=CCC(Nc1ccc(OC)cc1)C(=O)NCCCCCCCCCCCC. The van der Waals surface area contributed by atoms with Crippen molar-refractivity contribution in [1.29, 1.82) is 0 Å². The molecule has 1 aromatic rings. The predicted molar refractivity (Wildman–Crippen MR) is 120 cm³/mol. The van der Waals surface area contributed by atoms with Crippen LogP contribution in [0, 0.1) is 0 Å². The minimum Gasteiger partial charge on any atom is -0.497 e. The molecule has 28 heavy (non-hydrogen) atoms. The monoisotopic (exact) mass is 388 g/mol. The predicted octanol–water partition coefficient (Wildman–Crippen LogP) is 6.09. The minimum atomic E-state index is -0.297. The van der Waals surface area contributed by atoms with Crippen LogP contribution in [0.25, 0.3) is 0 Å². The van der Waals surface area contributed by atoms with Crippen LogP contribution in [0.1, 0.15) is 77.6 Å². The van der Waals surface area contributed by atoms with Gasteiger partial charge in [0.15, 0.2) is 0 Å². The lowest BCUT2D eigenvalue weighted by molar-refractivity contribution is -0.121. The summed E-state index contributed by atoms with van der Waals surface area (Å²) in [5, 5.41) is 6.34. The number of hydrogen-bond donors (Lipinski definition) is 2. The van der Waals surface area contributed by atoms with Crippen LogP contribution in [0.5, 0.6) is 5.75 Å². The number of benzene rings is 1. The Labute approximate surface area is 172 Å². The second-order valence-electron chi connectivity index (χ2n) is 7.42. The Morgan fingerprint density at radius 3 is 2.11 bits per heavy atom. The maximum atomic E-state index is 12.5. The van der Waals surface area contributed by atoms with Crippen LogP contribution >= 0.6 is 0 Å². The third-order valence-electron chi connectivity index (χ3n) is 4.98. The molecule has 0 saturated heterocycles. The molecule has 1 atom stereocenters. The number of nitrogens with one attached hydrogen (secondary N) is 2. The van der Waals surface area contributed by atoms with Gasteiger partial charge in [-0.05, 0) is 37.1 Å². The zero-order chi connectivity index (χ0) is 20.5. The maximum Gasteiger partial charge on any atom is 0.242 e. The largest absolute Gasteiger partial charge is 0.497 e. The van der Waals surface area contributed by atoms with Gasteiger partial charge in [-0.15, -0.1) is 6.58 Å². The second-order valence-corrected chi connectivity index (χ2v) is 7.42. The summed E-state index contributed by atoms with van der Waals surface area (Å²) >= 11 is 0. The summed E-state index contributed by atoms with van der Waals surface area (Å²) in [6.45, 7) is 6.77. The van der Waals surface area contributed by atoms with Crippen molar-refractivity contribution < 1.29 is 9.53 Å². The molecule has 4 nitrogen and oxygen atoms in total. The van der Waals surface area contributed by atoms with Gasteiger partial charge in [0.2, 0.25) is 5.91 Å². The smallest absolute Gasteiger partial charge is 0.242 e. The van der Waals surface area contributed by atoms with E-state index in [2.05, 4.69) is 24.1 Å². The van der Waals surface area contributed by atoms with Crippen LogP contribution in [0.4, 0.5) is 5.69 Å². The normalized spacial score (nSPS) is 11.6. The molecular formula is C24H40N2O2. The van der Waals surface area contributed by atoms with E-state index in [1.807, 2.05) is 24.3 Å². The number of unbranched alkanes of at least 4 members (excludes halogenated alkanes) is 9. The van der Waals surface area contributed by atoms with Gasteiger partial charge >= 0.3 is 0 Å². The Morgan fingerprint density at radius 2 is 1.57 bits per heavy atom. The van der Waals surface area contributed by atoms with Crippen LogP contribution < -0.4 is 15.4 Å². The quantitative estimate of drug-likeness (QED) is 0.251. The van der Waals surface area contributed by atoms with E-state index in [1.54, 1.807) is 13.2 Å². The molecule has 158 valence electrons. The number of amides is 1. The highest BCUT2D eigenvalue weighted by Crippen LogP contribution is 2.16. The average Bonchev–Trinajstić information content (AvgIpc) is 2.72. The van der Waals surface area contributed by atoms with Crippen molar-refractivity contribution in [2.24, 2.45) is 0 Å². The lowest BCUT2D eigenvalue weighted by Crippen LogP contribution is -2.39. The van der Waals surface area contributed by atoms with E-state index in [-0.39, 0.29) is 11.9 Å². The van der Waals surface area contributed by atoms with E-state index in [1.165, 1.54) is 57.8 Å². The average molecular weight is 389 g/mol. The molecule has 1 aromatic carbocycles. The molecule has 1 unspecified atom stereocenters. The first-order valence-electron chi connectivity index (χ1n) is 11.0. The molecule has 1 amide bonds. The van der Waals surface area contributed by atoms with E-state index in [9.17, 15) is 4.79 Å². The molecule has 0 radical (unpaired) electrons. The summed E-state index contributed by atoms with van der Waals surface area (Å²) in [6.07, 6.45) is 15.4. The Bertz CT molecular complexity index is 528. The molecule has 0 aliphatic carbocycles. The number of hydrogen-bond acceptors (Lipinski definition) is 3. The van der Waals surface area contributed by atoms with E-state index < -0.39 is 0 Å². The van der Waals surface area contributed by atoms with Crippen molar-refractivity contribution in [2.75, 3.05) is 19.0 Å². The Morgan fingerprint density at radius 1 is 1.00 bits per heavy atom. The Hall–Kier alpha value is -1.97. The first-order chi connectivity index (χ1) is 13.7. The number of carbonyl (C=O) groups excluding carboxylic acids is 1. The highest BCUT2D eigenvalue weighted by atomic mass is 16.5. The van der Waals surface area contributed by atoms with E-state index in [0.29, 0.717) is 6.42 Å². The van der Waals surface area contributed by atoms with Gasteiger partial charge in [-0.3, -0.25) is 4.79 Å². The highest BCUT2D eigenvalue weighted by Gasteiger charge is 2.16. The van der Waals surface area contributed by atoms with Crippen molar-refractivity contribution in [3.8, 4) is 5.75 Å². The number of ether oxygens (including phenoxy) is 1. The fourth-order valence-corrected chi connectivity index (χ4v) is 3.23. The lowest BCUT2D eigenvalue weighted by Gasteiger charge is -2.18. The van der Waals surface area contributed by atoms with Gasteiger partial charge in [0, 0.05) is 12.2 Å². The minimum absolute atomic E-state index is 0.0339. The summed E-state index contributed by atoms with van der Waals surface area (Å²) in [4.78, 5) is 12.5. The van der Waals surface area contributed by atoms with Gasteiger partial charge in [-0.1, -0.05) is 70.8 Å². The molecule has 1 rings (SSSR count). The Balaban J connectivity index is 2.17. The highest BCUT2D eigenvalue weighted by molar-refractivity contribution is 5.84. The number of rotatable bonds is 17. The van der Waals surface area contributed by atoms with Gasteiger partial charge in [0.05, 0.1) is 7.11 Å². The molecule has 4 heteroatoms. The zero-order valence-corrected chi connectivity index (χ0v) is 18.0. The van der Waals surface area contributed by atoms with Crippen molar-refractivity contribution in [1.82, 2.24) is 5.32 Å². The van der Waals surface area contributed by atoms with Crippen molar-refractivity contribution >= 4 is 11.6 Å². The molecule has 0 saturated carbocycles. The first-order valence-corrected chi connectivity index (χ1v) is 11.0. The molecule has 0 aliphatic rings. The van der Waals surface area contributed by atoms with Gasteiger partial charge in [0.1, 0.15) is 11.8 Å². The van der Waals surface area contributed by atoms with Gasteiger partial charge < -0.3 is 15.4 Å². The summed E-state index contributed by atoms with van der Waals surface area (Å²) < 4.78 is 5.17. The van der Waals surface area contributed by atoms with Crippen LogP contribution in [-0.2, 0) is 4.79 Å². The number of methoxy groups -OCH3 is 1. The third kappa shape index (κ3) is 11.0. The van der Waals surface area contributed by atoms with E-state index in [4.69, 9.17) is 4.74 Å². The van der Waals surface area contributed by atoms with Crippen molar-refractivity contribution in [3.05, 3.63) is 36.9 Å². The topological polar surface area (TPSA) is 50.4 Å². The zero-order valence-electron chi connectivity index (χ0n) is 18.0. The van der Waals surface area contributed by atoms with Crippen LogP contribution in [0.2, 0.25) is 0 Å². The van der Waals surface area contributed by atoms with E-state index in [0.717, 1.165) is 24.4 Å². The molecule has 0 fully saturated rings. The first kappa shape index (κ1) is 24.1. The summed E-state index contributed by atoms with van der Waals surface area (Å²) in [5.41, 5.74) is 0.904. The molecule has 0 spiro atoms. The maximum absolute atomic E-state index is 12.5.